The molecular weight excluding hydrogens is 299 g/mol. The van der Waals surface area contributed by atoms with Crippen molar-refractivity contribution in [3.63, 3.8) is 0 Å². The van der Waals surface area contributed by atoms with Gasteiger partial charge in [0, 0.05) is 5.69 Å². The lowest BCUT2D eigenvalue weighted by Crippen LogP contribution is -2.13. The average molecular weight is 311 g/mol. The summed E-state index contributed by atoms with van der Waals surface area (Å²) in [4.78, 5) is 12.2. The van der Waals surface area contributed by atoms with Crippen molar-refractivity contribution in [3.05, 3.63) is 52.0 Å². The van der Waals surface area contributed by atoms with Crippen LogP contribution in [0.5, 0.6) is 5.75 Å². The summed E-state index contributed by atoms with van der Waals surface area (Å²) in [5.41, 5.74) is 6.96. The van der Waals surface area contributed by atoms with Crippen molar-refractivity contribution in [1.29, 1.82) is 0 Å². The Labute approximate surface area is 126 Å². The van der Waals surface area contributed by atoms with Crippen molar-refractivity contribution in [1.82, 2.24) is 0 Å². The van der Waals surface area contributed by atoms with Crippen LogP contribution in [0, 0.1) is 0 Å². The molecule has 0 spiro atoms. The number of hydrogen-bond acceptors (Lipinski definition) is 3. The molecule has 2 aromatic carbocycles. The summed E-state index contributed by atoms with van der Waals surface area (Å²) in [5.74, 6) is 0.143. The van der Waals surface area contributed by atoms with Crippen LogP contribution in [-0.2, 0) is 0 Å². The molecule has 2 rings (SSSR count). The molecule has 0 saturated heterocycles. The number of benzene rings is 2. The van der Waals surface area contributed by atoms with Crippen LogP contribution in [0.15, 0.2) is 36.4 Å². The number of carbonyl (C=O) groups is 1. The normalized spacial score (nSPS) is 10.2. The highest BCUT2D eigenvalue weighted by Gasteiger charge is 2.15. The first-order chi connectivity index (χ1) is 9.52. The molecule has 4 nitrogen and oxygen atoms in total. The highest BCUT2D eigenvalue weighted by molar-refractivity contribution is 6.40. The molecule has 6 heteroatoms. The fourth-order valence-corrected chi connectivity index (χ4v) is 2.29. The molecule has 0 unspecified atom stereocenters. The Kier molecular flexibility index (Phi) is 4.37. The maximum atomic E-state index is 12.2. The number of nitrogens with two attached hydrogens (primary N) is 1. The molecule has 0 saturated carbocycles. The van der Waals surface area contributed by atoms with E-state index in [4.69, 9.17) is 33.7 Å². The fourth-order valence-electron chi connectivity index (χ4n) is 1.72. The second-order valence-corrected chi connectivity index (χ2v) is 4.82. The summed E-state index contributed by atoms with van der Waals surface area (Å²) in [5, 5.41) is 3.27. The smallest absolute Gasteiger partial charge is 0.258 e. The number of ether oxygens (including phenoxy) is 1. The van der Waals surface area contributed by atoms with Gasteiger partial charge in [-0.1, -0.05) is 29.3 Å². The van der Waals surface area contributed by atoms with Gasteiger partial charge in [0.15, 0.2) is 0 Å². The van der Waals surface area contributed by atoms with Gasteiger partial charge in [0.05, 0.1) is 28.4 Å². The summed E-state index contributed by atoms with van der Waals surface area (Å²) < 4.78 is 5.05. The van der Waals surface area contributed by atoms with E-state index in [1.807, 2.05) is 0 Å². The van der Waals surface area contributed by atoms with Gasteiger partial charge in [0.1, 0.15) is 5.75 Å². The predicted molar refractivity (Wildman–Crippen MR) is 81.8 cm³/mol. The molecule has 104 valence electrons. The van der Waals surface area contributed by atoms with Crippen LogP contribution in [-0.4, -0.2) is 13.0 Å². The summed E-state index contributed by atoms with van der Waals surface area (Å²) in [7, 11) is 1.52. The number of rotatable bonds is 3. The largest absolute Gasteiger partial charge is 0.495 e. The minimum absolute atomic E-state index is 0.227. The molecule has 0 fully saturated rings. The maximum absolute atomic E-state index is 12.2. The summed E-state index contributed by atoms with van der Waals surface area (Å²) in [6, 6.07) is 9.82. The van der Waals surface area contributed by atoms with Crippen LogP contribution in [0.2, 0.25) is 10.0 Å². The first kappa shape index (κ1) is 14.5. The molecule has 0 radical (unpaired) electrons. The highest BCUT2D eigenvalue weighted by Crippen LogP contribution is 2.27. The molecule has 0 aliphatic carbocycles. The van der Waals surface area contributed by atoms with E-state index in [2.05, 4.69) is 5.32 Å². The van der Waals surface area contributed by atoms with Gasteiger partial charge in [-0.2, -0.15) is 0 Å². The zero-order chi connectivity index (χ0) is 14.7. The number of nitrogens with one attached hydrogen (secondary N) is 1. The van der Waals surface area contributed by atoms with Crippen molar-refractivity contribution >= 4 is 40.5 Å². The van der Waals surface area contributed by atoms with Crippen molar-refractivity contribution in [2.24, 2.45) is 0 Å². The third-order valence-corrected chi connectivity index (χ3v) is 3.31. The number of anilines is 2. The van der Waals surface area contributed by atoms with Gasteiger partial charge < -0.3 is 15.8 Å². The third-order valence-electron chi connectivity index (χ3n) is 2.68. The van der Waals surface area contributed by atoms with Crippen LogP contribution in [0.4, 0.5) is 11.4 Å². The van der Waals surface area contributed by atoms with E-state index < -0.39 is 5.91 Å². The van der Waals surface area contributed by atoms with E-state index in [0.29, 0.717) is 17.1 Å². The van der Waals surface area contributed by atoms with Gasteiger partial charge in [-0.3, -0.25) is 4.79 Å². The number of halogens is 2. The molecule has 2 aromatic rings. The Balaban J connectivity index is 2.26. The second-order valence-electron chi connectivity index (χ2n) is 4.01. The molecular formula is C14H12Cl2N2O2. The lowest BCUT2D eigenvalue weighted by Gasteiger charge is -2.10. The minimum atomic E-state index is -0.398. The van der Waals surface area contributed by atoms with Gasteiger partial charge in [-0.25, -0.2) is 0 Å². The van der Waals surface area contributed by atoms with E-state index in [9.17, 15) is 4.79 Å². The Bertz CT molecular complexity index is 639. The summed E-state index contributed by atoms with van der Waals surface area (Å²) in [6.45, 7) is 0. The Morgan fingerprint density at radius 1 is 1.20 bits per heavy atom. The Morgan fingerprint density at radius 3 is 2.40 bits per heavy atom. The quantitative estimate of drug-likeness (QED) is 0.847. The number of methoxy groups -OCH3 is 1. The standard InChI is InChI=1S/C14H12Cl2N2O2/c1-20-12-6-5-8(7-11(12)17)18-14(19)13-9(15)3-2-4-10(13)16/h2-7H,17H2,1H3,(H,18,19). The molecule has 0 aliphatic rings. The third kappa shape index (κ3) is 2.98. The number of nitrogen functional groups attached to an aromatic ring is 1. The SMILES string of the molecule is COc1ccc(NC(=O)c2c(Cl)cccc2Cl)cc1N. The van der Waals surface area contributed by atoms with E-state index in [0.717, 1.165) is 0 Å². The van der Waals surface area contributed by atoms with Gasteiger partial charge in [-0.15, -0.1) is 0 Å². The van der Waals surface area contributed by atoms with E-state index in [1.54, 1.807) is 36.4 Å². The van der Waals surface area contributed by atoms with Crippen molar-refractivity contribution in [2.75, 3.05) is 18.2 Å². The lowest BCUT2D eigenvalue weighted by molar-refractivity contribution is 0.102. The molecule has 1 amide bonds. The zero-order valence-corrected chi connectivity index (χ0v) is 12.1. The van der Waals surface area contributed by atoms with Crippen LogP contribution < -0.4 is 15.8 Å². The van der Waals surface area contributed by atoms with Crippen molar-refractivity contribution in [2.45, 2.75) is 0 Å². The number of carbonyl (C=O) groups excluding carboxylic acids is 1. The molecule has 20 heavy (non-hydrogen) atoms. The zero-order valence-electron chi connectivity index (χ0n) is 10.6. The van der Waals surface area contributed by atoms with Crippen molar-refractivity contribution in [3.8, 4) is 5.75 Å². The molecule has 0 heterocycles. The topological polar surface area (TPSA) is 64.3 Å². The first-order valence-electron chi connectivity index (χ1n) is 5.72. The monoisotopic (exact) mass is 310 g/mol. The van der Waals surface area contributed by atoms with E-state index in [-0.39, 0.29) is 15.6 Å². The van der Waals surface area contributed by atoms with Crippen LogP contribution in [0.25, 0.3) is 0 Å². The van der Waals surface area contributed by atoms with E-state index >= 15 is 0 Å². The average Bonchev–Trinajstić information content (AvgIpc) is 2.38. The lowest BCUT2D eigenvalue weighted by atomic mass is 10.2. The molecule has 0 bridgehead atoms. The Hall–Kier alpha value is -1.91. The predicted octanol–water partition coefficient (Wildman–Crippen LogP) is 3.84. The number of hydrogen-bond donors (Lipinski definition) is 2. The van der Waals surface area contributed by atoms with Gasteiger partial charge in [0.25, 0.3) is 5.91 Å². The van der Waals surface area contributed by atoms with Crippen LogP contribution in [0.3, 0.4) is 0 Å². The molecule has 0 aliphatic heterocycles. The minimum Gasteiger partial charge on any atom is -0.495 e. The number of amides is 1. The highest BCUT2D eigenvalue weighted by atomic mass is 35.5. The summed E-state index contributed by atoms with van der Waals surface area (Å²) in [6.07, 6.45) is 0. The first-order valence-corrected chi connectivity index (χ1v) is 6.47. The molecule has 0 atom stereocenters. The van der Waals surface area contributed by atoms with Gasteiger partial charge in [-0.05, 0) is 30.3 Å². The molecule has 0 aromatic heterocycles. The van der Waals surface area contributed by atoms with Crippen molar-refractivity contribution < 1.29 is 9.53 Å². The fraction of sp³-hybridized carbons (Fsp3) is 0.0714. The van der Waals surface area contributed by atoms with E-state index in [1.165, 1.54) is 7.11 Å². The molecule has 3 N–H and O–H groups in total. The van der Waals surface area contributed by atoms with Crippen LogP contribution >= 0.6 is 23.2 Å². The Morgan fingerprint density at radius 2 is 1.85 bits per heavy atom. The maximum Gasteiger partial charge on any atom is 0.258 e. The second kappa shape index (κ2) is 6.03. The van der Waals surface area contributed by atoms with Gasteiger partial charge in [0.2, 0.25) is 0 Å². The van der Waals surface area contributed by atoms with Gasteiger partial charge >= 0.3 is 0 Å². The summed E-state index contributed by atoms with van der Waals surface area (Å²) >= 11 is 12.0. The van der Waals surface area contributed by atoms with Crippen LogP contribution in [0.1, 0.15) is 10.4 Å².